The Kier molecular flexibility index (Phi) is 6.57. The highest BCUT2D eigenvalue weighted by Gasteiger charge is 2.45. The van der Waals surface area contributed by atoms with Crippen molar-refractivity contribution < 1.29 is 31.9 Å². The lowest BCUT2D eigenvalue weighted by molar-refractivity contribution is -0.155. The van der Waals surface area contributed by atoms with Gasteiger partial charge in [-0.15, -0.1) is 0 Å². The number of hydrogen-bond donors (Lipinski definition) is 2. The summed E-state index contributed by atoms with van der Waals surface area (Å²) >= 11 is 0. The first-order chi connectivity index (χ1) is 15.3. The van der Waals surface area contributed by atoms with Crippen molar-refractivity contribution in [2.75, 3.05) is 10.2 Å². The molecule has 0 aromatic heterocycles. The second-order valence-corrected chi connectivity index (χ2v) is 9.79. The van der Waals surface area contributed by atoms with E-state index in [4.69, 9.17) is 4.74 Å². The Morgan fingerprint density at radius 2 is 1.70 bits per heavy atom. The number of benzene rings is 2. The Labute approximate surface area is 191 Å². The van der Waals surface area contributed by atoms with Crippen molar-refractivity contribution in [3.05, 3.63) is 54.3 Å². The number of anilines is 2. The molecule has 11 heteroatoms. The minimum absolute atomic E-state index is 0.231. The maximum absolute atomic E-state index is 13.2. The number of nitrogens with one attached hydrogen (secondary N) is 2. The van der Waals surface area contributed by atoms with Crippen LogP contribution in [-0.2, 0) is 29.1 Å². The van der Waals surface area contributed by atoms with Gasteiger partial charge in [-0.1, -0.05) is 12.1 Å². The molecule has 0 unspecified atom stereocenters. The van der Waals surface area contributed by atoms with Crippen LogP contribution in [0, 0.1) is 5.82 Å². The SMILES string of the molecule is C[C@H](NS(=O)(=O)c1ccc(F)cc1)C(=O)O[C@@H](C)C(=O)N1c2ccccc2NC(=O)C1(C)C. The number of fused-ring (bicyclic) bond motifs is 1. The number of amides is 2. The van der Waals surface area contributed by atoms with Gasteiger partial charge < -0.3 is 10.1 Å². The molecule has 1 aliphatic heterocycles. The smallest absolute Gasteiger partial charge is 0.324 e. The van der Waals surface area contributed by atoms with E-state index < -0.39 is 51.3 Å². The van der Waals surface area contributed by atoms with Crippen LogP contribution in [0.1, 0.15) is 27.7 Å². The fourth-order valence-corrected chi connectivity index (χ4v) is 4.51. The number of halogens is 1. The Balaban J connectivity index is 1.74. The molecule has 176 valence electrons. The van der Waals surface area contributed by atoms with Crippen molar-refractivity contribution in [3.63, 3.8) is 0 Å². The highest BCUT2D eigenvalue weighted by Crippen LogP contribution is 2.37. The minimum Gasteiger partial charge on any atom is -0.451 e. The summed E-state index contributed by atoms with van der Waals surface area (Å²) < 4.78 is 45.3. The second kappa shape index (κ2) is 8.91. The number of sulfonamides is 1. The molecule has 0 aliphatic carbocycles. The highest BCUT2D eigenvalue weighted by atomic mass is 32.2. The van der Waals surface area contributed by atoms with Crippen molar-refractivity contribution >= 4 is 39.2 Å². The maximum atomic E-state index is 13.2. The van der Waals surface area contributed by atoms with E-state index in [9.17, 15) is 27.2 Å². The topological polar surface area (TPSA) is 122 Å². The number of para-hydroxylation sites is 2. The van der Waals surface area contributed by atoms with E-state index in [1.54, 1.807) is 38.1 Å². The number of esters is 1. The van der Waals surface area contributed by atoms with Gasteiger partial charge in [0.15, 0.2) is 6.10 Å². The van der Waals surface area contributed by atoms with Crippen LogP contribution in [0.2, 0.25) is 0 Å². The Morgan fingerprint density at radius 3 is 2.33 bits per heavy atom. The van der Waals surface area contributed by atoms with E-state index >= 15 is 0 Å². The predicted octanol–water partition coefficient (Wildman–Crippen LogP) is 2.19. The number of ether oxygens (including phenoxy) is 1. The second-order valence-electron chi connectivity index (χ2n) is 8.08. The molecule has 0 radical (unpaired) electrons. The first-order valence-electron chi connectivity index (χ1n) is 10.1. The Bertz CT molecular complexity index is 1200. The van der Waals surface area contributed by atoms with E-state index in [-0.39, 0.29) is 4.90 Å². The monoisotopic (exact) mass is 477 g/mol. The zero-order valence-electron chi connectivity index (χ0n) is 18.5. The van der Waals surface area contributed by atoms with Crippen molar-refractivity contribution in [2.24, 2.45) is 0 Å². The van der Waals surface area contributed by atoms with E-state index in [0.29, 0.717) is 11.4 Å². The summed E-state index contributed by atoms with van der Waals surface area (Å²) in [6, 6.07) is 9.45. The largest absolute Gasteiger partial charge is 0.451 e. The maximum Gasteiger partial charge on any atom is 0.324 e. The van der Waals surface area contributed by atoms with Crippen LogP contribution >= 0.6 is 0 Å². The highest BCUT2D eigenvalue weighted by molar-refractivity contribution is 7.89. The van der Waals surface area contributed by atoms with Crippen molar-refractivity contribution in [3.8, 4) is 0 Å². The van der Waals surface area contributed by atoms with Gasteiger partial charge in [-0.2, -0.15) is 4.72 Å². The van der Waals surface area contributed by atoms with Gasteiger partial charge in [0.05, 0.1) is 16.3 Å². The van der Waals surface area contributed by atoms with Gasteiger partial charge in [-0.3, -0.25) is 19.3 Å². The lowest BCUT2D eigenvalue weighted by Gasteiger charge is -2.42. The number of carbonyl (C=O) groups is 3. The summed E-state index contributed by atoms with van der Waals surface area (Å²) in [5, 5.41) is 2.74. The van der Waals surface area contributed by atoms with Gasteiger partial charge in [-0.05, 0) is 64.1 Å². The molecule has 2 N–H and O–H groups in total. The Hall–Kier alpha value is -3.31. The van der Waals surface area contributed by atoms with Crippen LogP contribution < -0.4 is 14.9 Å². The molecule has 2 aromatic rings. The molecule has 0 saturated carbocycles. The average molecular weight is 478 g/mol. The summed E-state index contributed by atoms with van der Waals surface area (Å²) in [5.41, 5.74) is -0.379. The van der Waals surface area contributed by atoms with Gasteiger partial charge >= 0.3 is 5.97 Å². The van der Waals surface area contributed by atoms with E-state index in [1.165, 1.54) is 18.7 Å². The quantitative estimate of drug-likeness (QED) is 0.615. The average Bonchev–Trinajstić information content (AvgIpc) is 2.74. The molecule has 33 heavy (non-hydrogen) atoms. The zero-order chi connectivity index (χ0) is 24.6. The number of nitrogens with zero attached hydrogens (tertiary/aromatic N) is 1. The van der Waals surface area contributed by atoms with Gasteiger partial charge in [0.2, 0.25) is 15.9 Å². The number of hydrogen-bond acceptors (Lipinski definition) is 6. The summed E-state index contributed by atoms with van der Waals surface area (Å²) in [4.78, 5) is 39.3. The lowest BCUT2D eigenvalue weighted by atomic mass is 9.95. The molecule has 2 amide bonds. The Morgan fingerprint density at radius 1 is 1.09 bits per heavy atom. The zero-order valence-corrected chi connectivity index (χ0v) is 19.3. The molecule has 2 aromatic carbocycles. The molecule has 2 atom stereocenters. The summed E-state index contributed by atoms with van der Waals surface area (Å²) in [5.74, 6) is -2.66. The van der Waals surface area contributed by atoms with Gasteiger partial charge in [0.25, 0.3) is 5.91 Å². The first kappa shape index (κ1) is 24.3. The van der Waals surface area contributed by atoms with E-state index in [1.807, 2.05) is 0 Å². The van der Waals surface area contributed by atoms with Crippen molar-refractivity contribution in [1.82, 2.24) is 4.72 Å². The van der Waals surface area contributed by atoms with E-state index in [2.05, 4.69) is 10.0 Å². The summed E-state index contributed by atoms with van der Waals surface area (Å²) in [6.45, 7) is 5.72. The van der Waals surface area contributed by atoms with Crippen LogP contribution in [0.5, 0.6) is 0 Å². The van der Waals surface area contributed by atoms with Crippen molar-refractivity contribution in [1.29, 1.82) is 0 Å². The van der Waals surface area contributed by atoms with Crippen LogP contribution in [0.25, 0.3) is 0 Å². The lowest BCUT2D eigenvalue weighted by Crippen LogP contribution is -2.60. The fraction of sp³-hybridized carbons (Fsp3) is 0.318. The molecule has 0 bridgehead atoms. The molecule has 1 heterocycles. The van der Waals surface area contributed by atoms with Crippen LogP contribution in [0.3, 0.4) is 0 Å². The summed E-state index contributed by atoms with van der Waals surface area (Å²) in [6.07, 6.45) is -1.31. The van der Waals surface area contributed by atoms with Crippen LogP contribution in [0.4, 0.5) is 15.8 Å². The molecular formula is C22H24FN3O6S. The number of rotatable bonds is 6. The van der Waals surface area contributed by atoms with Crippen molar-refractivity contribution in [2.45, 2.75) is 50.3 Å². The molecule has 0 spiro atoms. The molecule has 3 rings (SSSR count). The molecular weight excluding hydrogens is 453 g/mol. The molecule has 1 aliphatic rings. The van der Waals surface area contributed by atoms with Crippen LogP contribution in [0.15, 0.2) is 53.4 Å². The summed E-state index contributed by atoms with van der Waals surface area (Å²) in [7, 11) is -4.13. The third-order valence-corrected chi connectivity index (χ3v) is 6.73. The number of carbonyl (C=O) groups excluding carboxylic acids is 3. The minimum atomic E-state index is -4.13. The standard InChI is InChI=1S/C22H24FN3O6S/c1-13(25-33(30,31)16-11-9-15(23)10-12-16)20(28)32-14(2)19(27)26-18-8-6-5-7-17(18)24-21(29)22(26,3)4/h5-14,25H,1-4H3,(H,24,29)/t13-,14-/m0/s1. The van der Waals surface area contributed by atoms with E-state index in [0.717, 1.165) is 24.3 Å². The van der Waals surface area contributed by atoms with Gasteiger partial charge in [0.1, 0.15) is 17.4 Å². The molecule has 0 saturated heterocycles. The van der Waals surface area contributed by atoms with Gasteiger partial charge in [-0.25, -0.2) is 12.8 Å². The first-order valence-corrected chi connectivity index (χ1v) is 11.6. The molecule has 9 nitrogen and oxygen atoms in total. The van der Waals surface area contributed by atoms with Gasteiger partial charge in [0, 0.05) is 0 Å². The normalized spacial score (nSPS) is 16.9. The third-order valence-electron chi connectivity index (χ3n) is 5.18. The fourth-order valence-electron chi connectivity index (χ4n) is 3.32. The van der Waals surface area contributed by atoms with Crippen LogP contribution in [-0.4, -0.2) is 43.9 Å². The third kappa shape index (κ3) is 4.88. The predicted molar refractivity (Wildman–Crippen MR) is 118 cm³/mol. The molecule has 0 fully saturated rings.